The van der Waals surface area contributed by atoms with Crippen LogP contribution in [0.5, 0.6) is 0 Å². The van der Waals surface area contributed by atoms with Gasteiger partial charge in [0.15, 0.2) is 0 Å². The third-order valence-electron chi connectivity index (χ3n) is 4.62. The average molecular weight is 311 g/mol. The highest BCUT2D eigenvalue weighted by Crippen LogP contribution is 2.50. The van der Waals surface area contributed by atoms with Gasteiger partial charge in [0.05, 0.1) is 18.2 Å². The third-order valence-corrected chi connectivity index (χ3v) is 4.62. The van der Waals surface area contributed by atoms with E-state index in [4.69, 9.17) is 0 Å². The van der Waals surface area contributed by atoms with E-state index >= 15 is 0 Å². The summed E-state index contributed by atoms with van der Waals surface area (Å²) in [6, 6.07) is 2.35. The lowest BCUT2D eigenvalue weighted by Crippen LogP contribution is -2.17. The summed E-state index contributed by atoms with van der Waals surface area (Å²) < 4.78 is 41.0. The van der Waals surface area contributed by atoms with E-state index in [2.05, 4.69) is 15.4 Å². The molecule has 0 unspecified atom stereocenters. The molecule has 8 heteroatoms. The monoisotopic (exact) mass is 311 g/mol. The minimum absolute atomic E-state index is 0.189. The van der Waals surface area contributed by atoms with Gasteiger partial charge in [-0.25, -0.2) is 0 Å². The van der Waals surface area contributed by atoms with E-state index in [0.717, 1.165) is 18.5 Å². The molecule has 5 nitrogen and oxygen atoms in total. The van der Waals surface area contributed by atoms with Crippen LogP contribution in [0.3, 0.4) is 0 Å². The lowest BCUT2D eigenvalue weighted by Gasteiger charge is -2.25. The van der Waals surface area contributed by atoms with Crippen molar-refractivity contribution >= 4 is 0 Å². The number of alkyl halides is 3. The molecular formula is C14H16F3N5. The highest BCUT2D eigenvalue weighted by Gasteiger charge is 2.55. The quantitative estimate of drug-likeness (QED) is 0.872. The van der Waals surface area contributed by atoms with Gasteiger partial charge in [0, 0.05) is 12.7 Å². The molecular weight excluding hydrogens is 295 g/mol. The summed E-state index contributed by atoms with van der Waals surface area (Å²) >= 11 is 0. The topological polar surface area (TPSA) is 48.5 Å². The Balaban J connectivity index is 1.42. The Morgan fingerprint density at radius 2 is 2.05 bits per heavy atom. The average Bonchev–Trinajstić information content (AvgIpc) is 2.81. The van der Waals surface area contributed by atoms with Crippen LogP contribution < -0.4 is 0 Å². The molecule has 2 aliphatic rings. The van der Waals surface area contributed by atoms with Gasteiger partial charge in [-0.3, -0.25) is 9.36 Å². The molecule has 2 fully saturated rings. The summed E-state index contributed by atoms with van der Waals surface area (Å²) in [6.07, 6.45) is 3.24. The summed E-state index contributed by atoms with van der Waals surface area (Å²) in [5.74, 6) is -1.56. The molecule has 0 aliphatic heterocycles. The van der Waals surface area contributed by atoms with Crippen LogP contribution in [0.2, 0.25) is 0 Å². The molecule has 0 saturated heterocycles. The minimum Gasteiger partial charge on any atom is -0.269 e. The summed E-state index contributed by atoms with van der Waals surface area (Å²) in [5, 5.41) is 12.4. The zero-order valence-electron chi connectivity index (χ0n) is 11.9. The first-order valence-corrected chi connectivity index (χ1v) is 7.53. The Morgan fingerprint density at radius 3 is 2.68 bits per heavy atom. The summed E-state index contributed by atoms with van der Waals surface area (Å²) in [6.45, 7) is 0.264. The molecule has 0 N–H and O–H groups in total. The van der Waals surface area contributed by atoms with Gasteiger partial charge in [-0.1, -0.05) is 5.21 Å². The summed E-state index contributed by atoms with van der Waals surface area (Å²) in [7, 11) is 0. The van der Waals surface area contributed by atoms with Crippen LogP contribution in [0.4, 0.5) is 13.2 Å². The first kappa shape index (κ1) is 13.8. The van der Waals surface area contributed by atoms with E-state index in [9.17, 15) is 13.2 Å². The van der Waals surface area contributed by atoms with Crippen LogP contribution in [0.15, 0.2) is 18.5 Å². The largest absolute Gasteiger partial charge is 0.392 e. The second-order valence-corrected chi connectivity index (χ2v) is 6.24. The van der Waals surface area contributed by atoms with Gasteiger partial charge >= 0.3 is 6.18 Å². The van der Waals surface area contributed by atoms with Crippen molar-refractivity contribution in [2.75, 3.05) is 0 Å². The summed E-state index contributed by atoms with van der Waals surface area (Å²) in [5.41, 5.74) is 1.34. The Hall–Kier alpha value is -1.86. The number of rotatable bonds is 4. The van der Waals surface area contributed by atoms with E-state index in [1.807, 2.05) is 16.9 Å². The predicted octanol–water partition coefficient (Wildman–Crippen LogP) is 3.07. The lowest BCUT2D eigenvalue weighted by molar-refractivity contribution is -0.151. The molecule has 2 heterocycles. The van der Waals surface area contributed by atoms with Gasteiger partial charge in [-0.15, -0.1) is 5.10 Å². The zero-order chi connectivity index (χ0) is 15.3. The first-order chi connectivity index (χ1) is 10.5. The number of aromatic nitrogens is 5. The van der Waals surface area contributed by atoms with Crippen molar-refractivity contribution < 1.29 is 13.2 Å². The molecule has 22 heavy (non-hydrogen) atoms. The van der Waals surface area contributed by atoms with Crippen LogP contribution in [-0.4, -0.2) is 31.0 Å². The Morgan fingerprint density at radius 1 is 1.23 bits per heavy atom. The van der Waals surface area contributed by atoms with Crippen LogP contribution in [-0.2, 0) is 6.54 Å². The number of hydrogen-bond donors (Lipinski definition) is 0. The van der Waals surface area contributed by atoms with Gasteiger partial charge in [-0.2, -0.15) is 18.3 Å². The summed E-state index contributed by atoms with van der Waals surface area (Å²) in [4.78, 5) is 0. The second-order valence-electron chi connectivity index (χ2n) is 6.24. The van der Waals surface area contributed by atoms with Gasteiger partial charge < -0.3 is 0 Å². The Bertz CT molecular complexity index is 670. The molecule has 2 aromatic rings. The highest BCUT2D eigenvalue weighted by atomic mass is 19.4. The Labute approximate surface area is 125 Å². The van der Waals surface area contributed by atoms with Crippen molar-refractivity contribution in [2.45, 2.75) is 44.4 Å². The number of hydrogen-bond acceptors (Lipinski definition) is 3. The van der Waals surface area contributed by atoms with Crippen molar-refractivity contribution in [1.82, 2.24) is 24.8 Å². The molecule has 118 valence electrons. The van der Waals surface area contributed by atoms with Gasteiger partial charge in [-0.05, 0) is 37.7 Å². The normalized spacial score (nSPS) is 25.2. The van der Waals surface area contributed by atoms with Gasteiger partial charge in [0.1, 0.15) is 11.4 Å². The molecule has 2 atom stereocenters. The highest BCUT2D eigenvalue weighted by molar-refractivity contribution is 5.51. The zero-order valence-corrected chi connectivity index (χ0v) is 11.9. The molecule has 0 radical (unpaired) electrons. The molecule has 2 saturated carbocycles. The van der Waals surface area contributed by atoms with Crippen LogP contribution in [0.1, 0.15) is 31.7 Å². The molecule has 2 aliphatic carbocycles. The van der Waals surface area contributed by atoms with Crippen molar-refractivity contribution in [3.8, 4) is 11.4 Å². The van der Waals surface area contributed by atoms with Crippen LogP contribution >= 0.6 is 0 Å². The number of nitrogens with zero attached hydrogens (tertiary/aromatic N) is 5. The van der Waals surface area contributed by atoms with Crippen LogP contribution in [0, 0.1) is 11.8 Å². The van der Waals surface area contributed by atoms with Crippen molar-refractivity contribution in [2.24, 2.45) is 11.8 Å². The molecule has 0 bridgehead atoms. The van der Waals surface area contributed by atoms with Crippen molar-refractivity contribution in [3.05, 3.63) is 18.5 Å². The van der Waals surface area contributed by atoms with Crippen LogP contribution in [0.25, 0.3) is 11.4 Å². The maximum absolute atomic E-state index is 12.5. The standard InChI is InChI=1S/C14H16F3N5/c15-14(16,17)11-6-9(11)7-21-8-13(18-20-21)12-4-5-22(19-12)10-2-1-3-10/h4-5,8-11H,1-3,6-7H2/t9-,11+/m0/s1. The molecule has 0 aromatic carbocycles. The number of halogens is 3. The minimum atomic E-state index is -4.09. The van der Waals surface area contributed by atoms with Crippen molar-refractivity contribution in [3.63, 3.8) is 0 Å². The fraction of sp³-hybridized carbons (Fsp3) is 0.643. The van der Waals surface area contributed by atoms with Crippen molar-refractivity contribution in [1.29, 1.82) is 0 Å². The fourth-order valence-corrected chi connectivity index (χ4v) is 2.92. The van der Waals surface area contributed by atoms with E-state index < -0.39 is 12.1 Å². The molecule has 0 spiro atoms. The lowest BCUT2D eigenvalue weighted by atomic mass is 9.93. The molecule has 2 aromatic heterocycles. The predicted molar refractivity (Wildman–Crippen MR) is 71.8 cm³/mol. The van der Waals surface area contributed by atoms with Gasteiger partial charge in [0.2, 0.25) is 0 Å². The molecule has 4 rings (SSSR count). The maximum atomic E-state index is 12.5. The maximum Gasteiger partial charge on any atom is 0.392 e. The SMILES string of the molecule is FC(F)(F)[C@@H]1C[C@H]1Cn1cc(-c2ccn(C3CCC3)n2)nn1. The fourth-order valence-electron chi connectivity index (χ4n) is 2.92. The van der Waals surface area contributed by atoms with E-state index in [1.165, 1.54) is 11.1 Å². The Kier molecular flexibility index (Phi) is 3.02. The first-order valence-electron chi connectivity index (χ1n) is 7.53. The van der Waals surface area contributed by atoms with E-state index in [0.29, 0.717) is 11.7 Å². The van der Waals surface area contributed by atoms with E-state index in [-0.39, 0.29) is 18.9 Å². The van der Waals surface area contributed by atoms with E-state index in [1.54, 1.807) is 6.20 Å². The molecule has 0 amide bonds. The smallest absolute Gasteiger partial charge is 0.269 e. The third kappa shape index (κ3) is 2.50. The second kappa shape index (κ2) is 4.82. The van der Waals surface area contributed by atoms with Gasteiger partial charge in [0.25, 0.3) is 0 Å².